The highest BCUT2D eigenvalue weighted by Crippen LogP contribution is 2.32. The molecule has 22 heavy (non-hydrogen) atoms. The molecule has 0 aliphatic carbocycles. The molecule has 0 spiro atoms. The molecule has 0 radical (unpaired) electrons. The van der Waals surface area contributed by atoms with Crippen molar-refractivity contribution in [2.24, 2.45) is 0 Å². The molecule has 2 amide bonds. The summed E-state index contributed by atoms with van der Waals surface area (Å²) in [6, 6.07) is 14.3. The first-order valence-corrected chi connectivity index (χ1v) is 7.94. The lowest BCUT2D eigenvalue weighted by atomic mass is 10.2. The van der Waals surface area contributed by atoms with Gasteiger partial charge in [0.05, 0.1) is 5.69 Å². The van der Waals surface area contributed by atoms with E-state index in [0.717, 1.165) is 23.0 Å². The normalized spacial score (nSPS) is 17.9. The predicted octanol–water partition coefficient (Wildman–Crippen LogP) is 4.29. The van der Waals surface area contributed by atoms with Crippen molar-refractivity contribution in [3.8, 4) is 0 Å². The molecule has 0 bridgehead atoms. The minimum atomic E-state index is -0.630. The van der Waals surface area contributed by atoms with Gasteiger partial charge in [0, 0.05) is 10.7 Å². The van der Waals surface area contributed by atoms with E-state index in [9.17, 15) is 9.59 Å². The molecule has 2 aromatic carbocycles. The molecule has 1 aliphatic rings. The van der Waals surface area contributed by atoms with Crippen LogP contribution in [-0.4, -0.2) is 16.5 Å². The van der Waals surface area contributed by atoms with Crippen LogP contribution in [0, 0.1) is 6.92 Å². The third kappa shape index (κ3) is 2.96. The standard InChI is InChI=1S/C16H13ClN2O2S/c1-10-2-8-13(9-3-10)19-15(20)14(22-16(19)21)18-12-6-4-11(17)5-7-12/h2-9,14,18H,1H3/t14-/m0/s1. The number of aryl methyl sites for hydroxylation is 1. The largest absolute Gasteiger partial charge is 0.365 e. The third-order valence-corrected chi connectivity index (χ3v) is 4.47. The van der Waals surface area contributed by atoms with Gasteiger partial charge in [0.1, 0.15) is 0 Å². The Labute approximate surface area is 137 Å². The van der Waals surface area contributed by atoms with Gasteiger partial charge in [-0.2, -0.15) is 0 Å². The van der Waals surface area contributed by atoms with Crippen molar-refractivity contribution in [3.63, 3.8) is 0 Å². The van der Waals surface area contributed by atoms with Gasteiger partial charge in [-0.15, -0.1) is 0 Å². The van der Waals surface area contributed by atoms with Crippen molar-refractivity contribution in [3.05, 3.63) is 59.1 Å². The predicted molar refractivity (Wildman–Crippen MR) is 90.5 cm³/mol. The maximum atomic E-state index is 12.5. The number of thioether (sulfide) groups is 1. The maximum Gasteiger partial charge on any atom is 0.295 e. The number of benzene rings is 2. The second-order valence-corrected chi connectivity index (χ2v) is 6.42. The Bertz CT molecular complexity index is 716. The molecule has 1 atom stereocenters. The van der Waals surface area contributed by atoms with Crippen LogP contribution in [0.2, 0.25) is 5.02 Å². The molecule has 1 N–H and O–H groups in total. The second kappa shape index (κ2) is 6.02. The van der Waals surface area contributed by atoms with E-state index in [1.807, 2.05) is 19.1 Å². The van der Waals surface area contributed by atoms with Crippen LogP contribution in [0.4, 0.5) is 16.2 Å². The zero-order chi connectivity index (χ0) is 15.7. The number of halogens is 1. The first-order valence-electron chi connectivity index (χ1n) is 6.68. The third-order valence-electron chi connectivity index (χ3n) is 3.28. The Morgan fingerprint density at radius 2 is 1.68 bits per heavy atom. The number of nitrogens with one attached hydrogen (secondary N) is 1. The van der Waals surface area contributed by atoms with Gasteiger partial charge in [-0.25, -0.2) is 4.90 Å². The SMILES string of the molecule is Cc1ccc(N2C(=O)S[C@H](Nc3ccc(Cl)cc3)C2=O)cc1. The molecule has 4 nitrogen and oxygen atoms in total. The summed E-state index contributed by atoms with van der Waals surface area (Å²) < 4.78 is 0. The highest BCUT2D eigenvalue weighted by Gasteiger charge is 2.40. The van der Waals surface area contributed by atoms with Crippen LogP contribution in [0.5, 0.6) is 0 Å². The second-order valence-electron chi connectivity index (χ2n) is 4.92. The summed E-state index contributed by atoms with van der Waals surface area (Å²) in [5.41, 5.74) is 2.41. The smallest absolute Gasteiger partial charge is 0.295 e. The number of rotatable bonds is 3. The summed E-state index contributed by atoms with van der Waals surface area (Å²) in [6.45, 7) is 1.96. The topological polar surface area (TPSA) is 49.4 Å². The number of anilines is 2. The average Bonchev–Trinajstić information content (AvgIpc) is 2.77. The molecule has 112 valence electrons. The van der Waals surface area contributed by atoms with Crippen LogP contribution in [0.3, 0.4) is 0 Å². The van der Waals surface area contributed by atoms with Gasteiger partial charge in [-0.3, -0.25) is 9.59 Å². The maximum absolute atomic E-state index is 12.5. The fourth-order valence-corrected chi connectivity index (χ4v) is 3.16. The molecule has 3 rings (SSSR count). The zero-order valence-electron chi connectivity index (χ0n) is 11.7. The molecule has 1 saturated heterocycles. The summed E-state index contributed by atoms with van der Waals surface area (Å²) >= 11 is 6.81. The molecule has 1 fully saturated rings. The van der Waals surface area contributed by atoms with Gasteiger partial charge in [-0.05, 0) is 55.1 Å². The van der Waals surface area contributed by atoms with Crippen LogP contribution < -0.4 is 10.2 Å². The van der Waals surface area contributed by atoms with Crippen LogP contribution in [0.1, 0.15) is 5.56 Å². The molecule has 2 aromatic rings. The van der Waals surface area contributed by atoms with Gasteiger partial charge >= 0.3 is 0 Å². The molecule has 1 aliphatic heterocycles. The van der Waals surface area contributed by atoms with Crippen molar-refractivity contribution in [2.45, 2.75) is 12.3 Å². The Morgan fingerprint density at radius 3 is 2.32 bits per heavy atom. The molecule has 0 saturated carbocycles. The highest BCUT2D eigenvalue weighted by molar-refractivity contribution is 8.16. The van der Waals surface area contributed by atoms with E-state index in [1.54, 1.807) is 36.4 Å². The van der Waals surface area contributed by atoms with Gasteiger partial charge in [0.15, 0.2) is 5.37 Å². The Balaban J connectivity index is 1.79. The Kier molecular flexibility index (Phi) is 4.09. The van der Waals surface area contributed by atoms with E-state index in [0.29, 0.717) is 10.7 Å². The first-order chi connectivity index (χ1) is 10.5. The summed E-state index contributed by atoms with van der Waals surface area (Å²) in [7, 11) is 0. The molecular formula is C16H13ClN2O2S. The van der Waals surface area contributed by atoms with Crippen molar-refractivity contribution in [2.75, 3.05) is 10.2 Å². The van der Waals surface area contributed by atoms with Gasteiger partial charge in [0.25, 0.3) is 11.1 Å². The van der Waals surface area contributed by atoms with Gasteiger partial charge in [0.2, 0.25) is 0 Å². The van der Waals surface area contributed by atoms with Crippen LogP contribution in [0.15, 0.2) is 48.5 Å². The molecule has 0 aromatic heterocycles. The van der Waals surface area contributed by atoms with Gasteiger partial charge in [-0.1, -0.05) is 29.3 Å². The average molecular weight is 333 g/mol. The van der Waals surface area contributed by atoms with E-state index in [1.165, 1.54) is 4.90 Å². The summed E-state index contributed by atoms with van der Waals surface area (Å²) in [5.74, 6) is -0.270. The minimum absolute atomic E-state index is 0.270. The number of carbonyl (C=O) groups is 2. The van der Waals surface area contributed by atoms with Crippen molar-refractivity contribution < 1.29 is 9.59 Å². The van der Waals surface area contributed by atoms with Crippen molar-refractivity contribution in [1.29, 1.82) is 0 Å². The van der Waals surface area contributed by atoms with E-state index in [2.05, 4.69) is 5.32 Å². The summed E-state index contributed by atoms with van der Waals surface area (Å²) in [6.07, 6.45) is 0. The molecule has 6 heteroatoms. The zero-order valence-corrected chi connectivity index (χ0v) is 13.3. The van der Waals surface area contributed by atoms with E-state index < -0.39 is 5.37 Å². The number of hydrogen-bond acceptors (Lipinski definition) is 4. The van der Waals surface area contributed by atoms with Crippen LogP contribution in [0.25, 0.3) is 0 Å². The fraction of sp³-hybridized carbons (Fsp3) is 0.125. The van der Waals surface area contributed by atoms with Crippen molar-refractivity contribution >= 4 is 45.9 Å². The number of hydrogen-bond donors (Lipinski definition) is 1. The summed E-state index contributed by atoms with van der Waals surface area (Å²) in [4.78, 5) is 25.8. The molecular weight excluding hydrogens is 320 g/mol. The lowest BCUT2D eigenvalue weighted by molar-refractivity contribution is -0.116. The van der Waals surface area contributed by atoms with Gasteiger partial charge < -0.3 is 5.32 Å². The Morgan fingerprint density at radius 1 is 1.05 bits per heavy atom. The minimum Gasteiger partial charge on any atom is -0.365 e. The lowest BCUT2D eigenvalue weighted by Crippen LogP contribution is -2.34. The number of imide groups is 1. The van der Waals surface area contributed by atoms with Crippen LogP contribution in [-0.2, 0) is 4.79 Å². The highest BCUT2D eigenvalue weighted by atomic mass is 35.5. The first kappa shape index (κ1) is 14.9. The number of nitrogens with zero attached hydrogens (tertiary/aromatic N) is 1. The molecule has 0 unspecified atom stereocenters. The van der Waals surface area contributed by atoms with Crippen molar-refractivity contribution in [1.82, 2.24) is 0 Å². The lowest BCUT2D eigenvalue weighted by Gasteiger charge is -2.15. The van der Waals surface area contributed by atoms with E-state index in [4.69, 9.17) is 11.6 Å². The quantitative estimate of drug-likeness (QED) is 0.911. The van der Waals surface area contributed by atoms with E-state index >= 15 is 0 Å². The number of carbonyl (C=O) groups excluding carboxylic acids is 2. The molecule has 1 heterocycles. The van der Waals surface area contributed by atoms with E-state index in [-0.39, 0.29) is 11.1 Å². The number of amides is 2. The Hall–Kier alpha value is -1.98. The summed E-state index contributed by atoms with van der Waals surface area (Å²) in [5, 5.41) is 2.76. The fourth-order valence-electron chi connectivity index (χ4n) is 2.13. The monoisotopic (exact) mass is 332 g/mol. The van der Waals surface area contributed by atoms with Crippen LogP contribution >= 0.6 is 23.4 Å².